The zero-order valence-corrected chi connectivity index (χ0v) is 8.74. The number of hydrogen-bond donors (Lipinski definition) is 1. The summed E-state index contributed by atoms with van der Waals surface area (Å²) in [5.74, 6) is 1.95. The van der Waals surface area contributed by atoms with Crippen LogP contribution in [0.15, 0.2) is 6.20 Å². The molecule has 70 valence electrons. The van der Waals surface area contributed by atoms with Gasteiger partial charge in [-0.3, -0.25) is 0 Å². The largest absolute Gasteiger partial charge is 0.358 e. The zero-order valence-electron chi connectivity index (χ0n) is 7.16. The molecule has 0 radical (unpaired) electrons. The van der Waals surface area contributed by atoms with Gasteiger partial charge in [0.2, 0.25) is 0 Å². The van der Waals surface area contributed by atoms with Crippen LogP contribution in [0.1, 0.15) is 19.3 Å². The van der Waals surface area contributed by atoms with Gasteiger partial charge in [0.15, 0.2) is 5.13 Å². The molecule has 3 unspecified atom stereocenters. The van der Waals surface area contributed by atoms with E-state index in [1.807, 2.05) is 0 Å². The number of rotatable bonds is 2. The summed E-state index contributed by atoms with van der Waals surface area (Å²) >= 11 is 7.35. The fourth-order valence-corrected chi connectivity index (χ4v) is 3.24. The minimum atomic E-state index is 0.673. The van der Waals surface area contributed by atoms with Gasteiger partial charge in [0.05, 0.1) is 6.20 Å². The molecule has 0 aliphatic heterocycles. The fourth-order valence-electron chi connectivity index (χ4n) is 2.36. The number of anilines is 1. The number of nitrogens with zero attached hydrogens (tertiary/aromatic N) is 1. The Labute approximate surface area is 86.3 Å². The third-order valence-electron chi connectivity index (χ3n) is 3.13. The third kappa shape index (κ3) is 1.44. The molecule has 3 rings (SSSR count). The highest BCUT2D eigenvalue weighted by Gasteiger charge is 2.48. The summed E-state index contributed by atoms with van der Waals surface area (Å²) in [7, 11) is 0. The predicted octanol–water partition coefficient (Wildman–Crippen LogP) is 3.01. The molecule has 0 aromatic carbocycles. The van der Waals surface area contributed by atoms with Gasteiger partial charge in [-0.25, -0.2) is 4.98 Å². The number of fused-ring (bicyclic) bond motifs is 1. The summed E-state index contributed by atoms with van der Waals surface area (Å²) in [4.78, 5) is 4.21. The maximum absolute atomic E-state index is 5.81. The van der Waals surface area contributed by atoms with E-state index in [0.29, 0.717) is 6.04 Å². The molecular weight excluding hydrogens is 204 g/mol. The van der Waals surface area contributed by atoms with Crippen molar-refractivity contribution in [1.82, 2.24) is 4.98 Å². The van der Waals surface area contributed by atoms with Crippen LogP contribution < -0.4 is 5.32 Å². The standard InChI is InChI=1S/C9H11ClN2S/c10-8-4-11-9(13-8)12-7-2-1-5-3-6(5)7/h4-7H,1-3H2,(H,11,12). The van der Waals surface area contributed by atoms with Gasteiger partial charge >= 0.3 is 0 Å². The van der Waals surface area contributed by atoms with Crippen molar-refractivity contribution < 1.29 is 0 Å². The van der Waals surface area contributed by atoms with E-state index >= 15 is 0 Å². The van der Waals surface area contributed by atoms with Crippen LogP contribution in [0.25, 0.3) is 0 Å². The monoisotopic (exact) mass is 214 g/mol. The zero-order chi connectivity index (χ0) is 8.84. The van der Waals surface area contributed by atoms with Crippen molar-refractivity contribution in [2.45, 2.75) is 25.3 Å². The van der Waals surface area contributed by atoms with Gasteiger partial charge in [-0.05, 0) is 31.1 Å². The smallest absolute Gasteiger partial charge is 0.184 e. The molecule has 0 amide bonds. The Bertz CT molecular complexity index is 325. The summed E-state index contributed by atoms with van der Waals surface area (Å²) < 4.78 is 0.771. The van der Waals surface area contributed by atoms with Crippen molar-refractivity contribution in [2.75, 3.05) is 5.32 Å². The topological polar surface area (TPSA) is 24.9 Å². The van der Waals surface area contributed by atoms with E-state index in [4.69, 9.17) is 11.6 Å². The number of hydrogen-bond acceptors (Lipinski definition) is 3. The Morgan fingerprint density at radius 2 is 2.46 bits per heavy atom. The molecule has 2 aliphatic carbocycles. The van der Waals surface area contributed by atoms with E-state index in [2.05, 4.69) is 10.3 Å². The van der Waals surface area contributed by atoms with Crippen molar-refractivity contribution in [3.63, 3.8) is 0 Å². The molecule has 1 N–H and O–H groups in total. The number of halogens is 1. The van der Waals surface area contributed by atoms with Crippen molar-refractivity contribution in [3.8, 4) is 0 Å². The second kappa shape index (κ2) is 2.85. The number of aromatic nitrogens is 1. The van der Waals surface area contributed by atoms with E-state index in [1.54, 1.807) is 6.20 Å². The minimum Gasteiger partial charge on any atom is -0.358 e. The van der Waals surface area contributed by atoms with Crippen LogP contribution in [-0.4, -0.2) is 11.0 Å². The lowest BCUT2D eigenvalue weighted by molar-refractivity contribution is 0.654. The first-order valence-corrected chi connectivity index (χ1v) is 5.90. The van der Waals surface area contributed by atoms with E-state index in [0.717, 1.165) is 21.3 Å². The van der Waals surface area contributed by atoms with E-state index in [1.165, 1.54) is 30.6 Å². The average Bonchev–Trinajstić information content (AvgIpc) is 2.63. The summed E-state index contributed by atoms with van der Waals surface area (Å²) in [5, 5.41) is 4.46. The Morgan fingerprint density at radius 1 is 1.54 bits per heavy atom. The third-order valence-corrected chi connectivity index (χ3v) is 4.17. The molecule has 1 aromatic heterocycles. The molecule has 1 heterocycles. The van der Waals surface area contributed by atoms with Crippen LogP contribution >= 0.6 is 22.9 Å². The highest BCUT2D eigenvalue weighted by molar-refractivity contribution is 7.19. The van der Waals surface area contributed by atoms with E-state index < -0.39 is 0 Å². The van der Waals surface area contributed by atoms with E-state index in [9.17, 15) is 0 Å². The maximum atomic E-state index is 5.81. The molecule has 0 saturated heterocycles. The molecule has 0 spiro atoms. The van der Waals surface area contributed by atoms with Crippen LogP contribution in [0.4, 0.5) is 5.13 Å². The second-order valence-corrected chi connectivity index (χ2v) is 5.62. The number of nitrogens with one attached hydrogen (secondary N) is 1. The Morgan fingerprint density at radius 3 is 3.00 bits per heavy atom. The molecule has 4 heteroatoms. The van der Waals surface area contributed by atoms with Crippen LogP contribution in [-0.2, 0) is 0 Å². The predicted molar refractivity (Wildman–Crippen MR) is 55.4 cm³/mol. The fraction of sp³-hybridized carbons (Fsp3) is 0.667. The molecule has 2 aliphatic rings. The summed E-state index contributed by atoms with van der Waals surface area (Å²) in [6.45, 7) is 0. The van der Waals surface area contributed by atoms with Crippen molar-refractivity contribution >= 4 is 28.1 Å². The first kappa shape index (κ1) is 8.06. The average molecular weight is 215 g/mol. The van der Waals surface area contributed by atoms with Crippen LogP contribution in [0, 0.1) is 11.8 Å². The molecule has 3 atom stereocenters. The highest BCUT2D eigenvalue weighted by Crippen LogP contribution is 2.52. The van der Waals surface area contributed by atoms with Gasteiger partial charge in [-0.2, -0.15) is 0 Å². The van der Waals surface area contributed by atoms with Crippen LogP contribution in [0.5, 0.6) is 0 Å². The van der Waals surface area contributed by atoms with Gasteiger partial charge < -0.3 is 5.32 Å². The van der Waals surface area contributed by atoms with Gasteiger partial charge in [0.25, 0.3) is 0 Å². The maximum Gasteiger partial charge on any atom is 0.184 e. The molecular formula is C9H11ClN2S. The Balaban J connectivity index is 1.68. The number of thiazole rings is 1. The minimum absolute atomic E-state index is 0.673. The highest BCUT2D eigenvalue weighted by atomic mass is 35.5. The SMILES string of the molecule is Clc1cnc(NC2CCC3CC32)s1. The molecule has 2 fully saturated rings. The Hall–Kier alpha value is -0.280. The molecule has 13 heavy (non-hydrogen) atoms. The van der Waals surface area contributed by atoms with Crippen LogP contribution in [0.3, 0.4) is 0 Å². The van der Waals surface area contributed by atoms with Crippen molar-refractivity contribution in [3.05, 3.63) is 10.5 Å². The first-order valence-electron chi connectivity index (χ1n) is 4.71. The van der Waals surface area contributed by atoms with Gasteiger partial charge in [0, 0.05) is 6.04 Å². The molecule has 2 saturated carbocycles. The lowest BCUT2D eigenvalue weighted by atomic mass is 10.2. The van der Waals surface area contributed by atoms with Crippen molar-refractivity contribution in [1.29, 1.82) is 0 Å². The molecule has 1 aromatic rings. The summed E-state index contributed by atoms with van der Waals surface area (Å²) in [6.07, 6.45) is 5.86. The van der Waals surface area contributed by atoms with Gasteiger partial charge in [0.1, 0.15) is 4.34 Å². The quantitative estimate of drug-likeness (QED) is 0.819. The summed E-state index contributed by atoms with van der Waals surface area (Å²) in [5.41, 5.74) is 0. The first-order chi connectivity index (χ1) is 6.33. The summed E-state index contributed by atoms with van der Waals surface area (Å²) in [6, 6.07) is 0.673. The normalized spacial score (nSPS) is 35.9. The lowest BCUT2D eigenvalue weighted by Gasteiger charge is -2.12. The molecule has 0 bridgehead atoms. The second-order valence-electron chi connectivity index (χ2n) is 3.96. The Kier molecular flexibility index (Phi) is 1.77. The molecule has 2 nitrogen and oxygen atoms in total. The lowest BCUT2D eigenvalue weighted by Crippen LogP contribution is -2.18. The van der Waals surface area contributed by atoms with Gasteiger partial charge in [-0.1, -0.05) is 22.9 Å². The van der Waals surface area contributed by atoms with E-state index in [-0.39, 0.29) is 0 Å². The van der Waals surface area contributed by atoms with Crippen LogP contribution in [0.2, 0.25) is 4.34 Å². The van der Waals surface area contributed by atoms with Crippen molar-refractivity contribution in [2.24, 2.45) is 11.8 Å². The van der Waals surface area contributed by atoms with Gasteiger partial charge in [-0.15, -0.1) is 0 Å².